The largest absolute Gasteiger partial charge is 0.490 e. The number of hydrogen-bond donors (Lipinski definition) is 2. The van der Waals surface area contributed by atoms with Crippen molar-refractivity contribution in [3.05, 3.63) is 29.6 Å². The van der Waals surface area contributed by atoms with Crippen LogP contribution in [0.2, 0.25) is 0 Å². The van der Waals surface area contributed by atoms with E-state index in [4.69, 9.17) is 10.5 Å². The number of carbonyl (C=O) groups excluding carboxylic acids is 1. The molecule has 0 aromatic heterocycles. The Bertz CT molecular complexity index is 540. The van der Waals surface area contributed by atoms with Crippen LogP contribution in [0.1, 0.15) is 81.1 Å². The van der Waals surface area contributed by atoms with Crippen molar-refractivity contribution in [2.45, 2.75) is 78.2 Å². The molecule has 2 saturated carbocycles. The third-order valence-corrected chi connectivity index (χ3v) is 4.41. The van der Waals surface area contributed by atoms with Crippen molar-refractivity contribution in [2.24, 2.45) is 11.7 Å². The minimum Gasteiger partial charge on any atom is -0.490 e. The van der Waals surface area contributed by atoms with Crippen molar-refractivity contribution in [2.75, 3.05) is 20.2 Å². The van der Waals surface area contributed by atoms with E-state index in [1.54, 1.807) is 0 Å². The normalized spacial score (nSPS) is 15.5. The lowest BCUT2D eigenvalue weighted by Gasteiger charge is -2.16. The molecule has 0 bridgehead atoms. The quantitative estimate of drug-likeness (QED) is 0.435. The number of halogens is 1. The summed E-state index contributed by atoms with van der Waals surface area (Å²) in [7, 11) is 1.96. The van der Waals surface area contributed by atoms with E-state index < -0.39 is 0 Å². The summed E-state index contributed by atoms with van der Waals surface area (Å²) >= 11 is 0. The Morgan fingerprint density at radius 2 is 1.93 bits per heavy atom. The second kappa shape index (κ2) is 15.5. The first-order valence-electron chi connectivity index (χ1n) is 10.8. The van der Waals surface area contributed by atoms with Crippen molar-refractivity contribution in [3.63, 3.8) is 0 Å². The summed E-state index contributed by atoms with van der Waals surface area (Å²) in [6, 6.07) is 5.25. The van der Waals surface area contributed by atoms with Gasteiger partial charge < -0.3 is 20.6 Å². The van der Waals surface area contributed by atoms with Crippen LogP contribution in [0.4, 0.5) is 4.39 Å². The van der Waals surface area contributed by atoms with Crippen molar-refractivity contribution in [3.8, 4) is 5.75 Å². The molecule has 2 fully saturated rings. The van der Waals surface area contributed by atoms with Gasteiger partial charge in [-0.2, -0.15) is 0 Å². The molecular weight excluding hydrogens is 355 g/mol. The number of unbranched alkanes of at least 4 members (excludes halogenated alkanes) is 1. The van der Waals surface area contributed by atoms with Gasteiger partial charge in [0.05, 0.1) is 6.61 Å². The topological polar surface area (TPSA) is 64.3 Å². The van der Waals surface area contributed by atoms with Crippen LogP contribution in [0.5, 0.6) is 5.75 Å². The predicted octanol–water partition coefficient (Wildman–Crippen LogP) is 5.68. The number of benzene rings is 1. The summed E-state index contributed by atoms with van der Waals surface area (Å²) in [5.74, 6) is 0.814. The molecule has 5 heteroatoms. The van der Waals surface area contributed by atoms with E-state index in [-0.39, 0.29) is 14.2 Å². The molecule has 0 unspecified atom stereocenters. The minimum atomic E-state index is -0.249. The molecule has 2 aliphatic carbocycles. The second-order valence-corrected chi connectivity index (χ2v) is 7.04. The lowest BCUT2D eigenvalue weighted by Crippen LogP contribution is -2.24. The molecule has 2 aliphatic rings. The molecule has 166 valence electrons. The Morgan fingerprint density at radius 1 is 1.32 bits per heavy atom. The molecule has 0 heterocycles. The average Bonchev–Trinajstić information content (AvgIpc) is 3.63. The van der Waals surface area contributed by atoms with E-state index in [9.17, 15) is 9.18 Å². The maximum absolute atomic E-state index is 13.6. The first kappa shape index (κ1) is 26.5. The average molecular weight is 401 g/mol. The SMILES string of the molecule is CC.CCC.CNC1(c2ccc(F)c(OCC3CC3)c2)CC1.NCCCC=O.[HH].[HH]. The third kappa shape index (κ3) is 10.2. The summed E-state index contributed by atoms with van der Waals surface area (Å²) < 4.78 is 19.2. The van der Waals surface area contributed by atoms with Gasteiger partial charge in [-0.25, -0.2) is 4.39 Å². The molecule has 0 aliphatic heterocycles. The van der Waals surface area contributed by atoms with E-state index in [0.717, 1.165) is 31.1 Å². The van der Waals surface area contributed by atoms with Gasteiger partial charge in [0.2, 0.25) is 0 Å². The number of ether oxygens (including phenoxy) is 1. The number of rotatable bonds is 8. The molecule has 1 aromatic rings. The summed E-state index contributed by atoms with van der Waals surface area (Å²) in [5, 5.41) is 3.31. The van der Waals surface area contributed by atoms with E-state index >= 15 is 0 Å². The van der Waals surface area contributed by atoms with Gasteiger partial charge in [0.15, 0.2) is 11.6 Å². The van der Waals surface area contributed by atoms with Crippen LogP contribution < -0.4 is 15.8 Å². The predicted molar refractivity (Wildman–Crippen MR) is 120 cm³/mol. The van der Waals surface area contributed by atoms with Gasteiger partial charge in [-0.1, -0.05) is 40.2 Å². The lowest BCUT2D eigenvalue weighted by molar-refractivity contribution is -0.107. The van der Waals surface area contributed by atoms with E-state index in [1.165, 1.54) is 25.3 Å². The Morgan fingerprint density at radius 3 is 2.32 bits per heavy atom. The molecule has 1 aromatic carbocycles. The van der Waals surface area contributed by atoms with Crippen LogP contribution in [0, 0.1) is 11.7 Å². The highest BCUT2D eigenvalue weighted by Gasteiger charge is 2.43. The Hall–Kier alpha value is -1.46. The standard InChI is InChI=1S/C14H18FNO.C4H9NO.C3H8.C2H6.2H2/c1-16-14(6-7-14)11-4-5-12(15)13(8-11)17-9-10-2-3-10;5-3-1-2-4-6;1-3-2;1-2;;/h4-5,8,10,16H,2-3,6-7,9H2,1H3;4H,1-3,5H2;3H2,1-2H3;1-2H3;2*1H. The molecule has 4 nitrogen and oxygen atoms in total. The Balaban J connectivity index is -0.000000481. The molecule has 0 radical (unpaired) electrons. The molecule has 3 N–H and O–H groups in total. The molecule has 0 saturated heterocycles. The Kier molecular flexibility index (Phi) is 14.7. The smallest absolute Gasteiger partial charge is 0.165 e. The van der Waals surface area contributed by atoms with Gasteiger partial charge in [0.25, 0.3) is 0 Å². The first-order valence-corrected chi connectivity index (χ1v) is 10.8. The first-order chi connectivity index (χ1) is 13.6. The van der Waals surface area contributed by atoms with E-state index in [2.05, 4.69) is 19.2 Å². The van der Waals surface area contributed by atoms with Crippen LogP contribution in [0.3, 0.4) is 0 Å². The number of aldehydes is 1. The summed E-state index contributed by atoms with van der Waals surface area (Å²) in [4.78, 5) is 9.51. The molecule has 3 rings (SSSR count). The molecular formula is C23H45FN2O2. The van der Waals surface area contributed by atoms with Crippen LogP contribution >= 0.6 is 0 Å². The monoisotopic (exact) mass is 400 g/mol. The van der Waals surface area contributed by atoms with Crippen LogP contribution in [0.15, 0.2) is 18.2 Å². The fourth-order valence-electron chi connectivity index (χ4n) is 2.41. The number of hydrogen-bond acceptors (Lipinski definition) is 4. The number of carbonyl (C=O) groups is 1. The van der Waals surface area contributed by atoms with Gasteiger partial charge in [-0.3, -0.25) is 0 Å². The van der Waals surface area contributed by atoms with Crippen molar-refractivity contribution in [1.82, 2.24) is 5.32 Å². The lowest BCUT2D eigenvalue weighted by atomic mass is 10.0. The van der Waals surface area contributed by atoms with Crippen LogP contribution in [-0.2, 0) is 10.3 Å². The molecule has 28 heavy (non-hydrogen) atoms. The third-order valence-electron chi connectivity index (χ3n) is 4.41. The maximum Gasteiger partial charge on any atom is 0.165 e. The van der Waals surface area contributed by atoms with Crippen LogP contribution in [0.25, 0.3) is 0 Å². The number of nitrogens with one attached hydrogen (secondary N) is 1. The van der Waals surface area contributed by atoms with Gasteiger partial charge in [-0.15, -0.1) is 0 Å². The molecule has 0 atom stereocenters. The van der Waals surface area contributed by atoms with Gasteiger partial charge >= 0.3 is 0 Å². The maximum atomic E-state index is 13.6. The van der Waals surface area contributed by atoms with Crippen LogP contribution in [-0.4, -0.2) is 26.5 Å². The highest BCUT2D eigenvalue weighted by molar-refractivity contribution is 5.48. The van der Waals surface area contributed by atoms with Crippen molar-refractivity contribution in [1.29, 1.82) is 0 Å². The molecule has 0 amide bonds. The highest BCUT2D eigenvalue weighted by Crippen LogP contribution is 2.46. The van der Waals surface area contributed by atoms with Crippen molar-refractivity contribution < 1.29 is 16.8 Å². The second-order valence-electron chi connectivity index (χ2n) is 7.04. The van der Waals surface area contributed by atoms with E-state index in [1.807, 2.05) is 33.0 Å². The zero-order valence-electron chi connectivity index (χ0n) is 18.5. The zero-order valence-corrected chi connectivity index (χ0v) is 18.5. The summed E-state index contributed by atoms with van der Waals surface area (Å²) in [6.45, 7) is 9.53. The summed E-state index contributed by atoms with van der Waals surface area (Å²) in [6.07, 6.45) is 8.25. The van der Waals surface area contributed by atoms with E-state index in [0.29, 0.717) is 31.2 Å². The minimum absolute atomic E-state index is 0. The summed E-state index contributed by atoms with van der Waals surface area (Å²) in [5.41, 5.74) is 6.28. The highest BCUT2D eigenvalue weighted by atomic mass is 19.1. The fourth-order valence-corrected chi connectivity index (χ4v) is 2.41. The fraction of sp³-hybridized carbons (Fsp3) is 0.696. The zero-order chi connectivity index (χ0) is 21.4. The van der Waals surface area contributed by atoms with Crippen molar-refractivity contribution >= 4 is 6.29 Å². The van der Waals surface area contributed by atoms with Gasteiger partial charge in [0, 0.05) is 14.8 Å². The Labute approximate surface area is 174 Å². The number of nitrogens with two attached hydrogens (primary N) is 1. The van der Waals surface area contributed by atoms with Gasteiger partial charge in [-0.05, 0) is 69.3 Å². The molecule has 0 spiro atoms. The van der Waals surface area contributed by atoms with Gasteiger partial charge in [0.1, 0.15) is 6.29 Å².